The third kappa shape index (κ3) is 3.67. The second-order valence-corrected chi connectivity index (χ2v) is 6.99. The van der Waals surface area contributed by atoms with Crippen LogP contribution in [0, 0.1) is 0 Å². The van der Waals surface area contributed by atoms with E-state index in [1.165, 1.54) is 4.90 Å². The van der Waals surface area contributed by atoms with Crippen LogP contribution < -0.4 is 0 Å². The number of nitrogens with zero attached hydrogens (tertiary/aromatic N) is 3. The molecule has 0 saturated carbocycles. The fourth-order valence-electron chi connectivity index (χ4n) is 3.65. The summed E-state index contributed by atoms with van der Waals surface area (Å²) in [5.41, 5.74) is 3.66. The van der Waals surface area contributed by atoms with Gasteiger partial charge in [0.05, 0.1) is 25.0 Å². The second kappa shape index (κ2) is 7.68. The van der Waals surface area contributed by atoms with Crippen molar-refractivity contribution in [2.75, 3.05) is 0 Å². The molecule has 0 spiro atoms. The van der Waals surface area contributed by atoms with E-state index in [0.717, 1.165) is 22.5 Å². The van der Waals surface area contributed by atoms with Gasteiger partial charge in [0.25, 0.3) is 0 Å². The van der Waals surface area contributed by atoms with E-state index in [2.05, 4.69) is 4.98 Å². The molecule has 6 nitrogen and oxygen atoms in total. The lowest BCUT2D eigenvalue weighted by Gasteiger charge is -2.33. The summed E-state index contributed by atoms with van der Waals surface area (Å²) in [6, 6.07) is 18.5. The molecule has 6 heteroatoms. The van der Waals surface area contributed by atoms with E-state index in [9.17, 15) is 14.7 Å². The molecular formula is C22H21N3O3. The molecule has 28 heavy (non-hydrogen) atoms. The van der Waals surface area contributed by atoms with Crippen LogP contribution in [-0.2, 0) is 35.5 Å². The van der Waals surface area contributed by atoms with Crippen LogP contribution in [0.2, 0.25) is 0 Å². The summed E-state index contributed by atoms with van der Waals surface area (Å²) in [6.07, 6.45) is 2.18. The highest BCUT2D eigenvalue weighted by Gasteiger charge is 2.36. The summed E-state index contributed by atoms with van der Waals surface area (Å²) in [4.78, 5) is 30.6. The van der Waals surface area contributed by atoms with Crippen molar-refractivity contribution in [3.8, 4) is 0 Å². The molecule has 1 atom stereocenters. The largest absolute Gasteiger partial charge is 0.480 e. The van der Waals surface area contributed by atoms with E-state index < -0.39 is 12.0 Å². The molecule has 0 fully saturated rings. The number of hydrogen-bond donors (Lipinski definition) is 1. The van der Waals surface area contributed by atoms with Crippen molar-refractivity contribution < 1.29 is 14.7 Å². The van der Waals surface area contributed by atoms with E-state index in [-0.39, 0.29) is 25.3 Å². The zero-order chi connectivity index (χ0) is 19.5. The standard InChI is InChI=1S/C22H21N3O3/c26-21(11-16-7-3-1-4-8-16)25-14-18-19(12-20(25)22(27)28)24(15-23-18)13-17-9-5-2-6-10-17/h1-10,15,20H,11-14H2,(H,27,28)/t20-/m1/s1. The highest BCUT2D eigenvalue weighted by Crippen LogP contribution is 2.24. The van der Waals surface area contributed by atoms with Crippen LogP contribution >= 0.6 is 0 Å². The van der Waals surface area contributed by atoms with Gasteiger partial charge < -0.3 is 14.6 Å². The number of benzene rings is 2. The third-order valence-electron chi connectivity index (χ3n) is 5.12. The first-order valence-electron chi connectivity index (χ1n) is 9.25. The van der Waals surface area contributed by atoms with Gasteiger partial charge in [-0.2, -0.15) is 0 Å². The Kier molecular flexibility index (Phi) is 4.93. The SMILES string of the molecule is O=C(O)[C@H]1Cc2c(ncn2Cc2ccccc2)CN1C(=O)Cc1ccccc1. The number of carbonyl (C=O) groups is 2. The molecule has 2 heterocycles. The maximum atomic E-state index is 12.8. The third-order valence-corrected chi connectivity index (χ3v) is 5.12. The molecule has 1 aliphatic heterocycles. The monoisotopic (exact) mass is 375 g/mol. The number of amides is 1. The van der Waals surface area contributed by atoms with Gasteiger partial charge in [0, 0.05) is 18.7 Å². The van der Waals surface area contributed by atoms with Crippen molar-refractivity contribution >= 4 is 11.9 Å². The smallest absolute Gasteiger partial charge is 0.326 e. The Hall–Kier alpha value is -3.41. The predicted molar refractivity (Wildman–Crippen MR) is 104 cm³/mol. The van der Waals surface area contributed by atoms with Crippen molar-refractivity contribution in [2.45, 2.75) is 32.0 Å². The molecule has 2 aromatic carbocycles. The van der Waals surface area contributed by atoms with Gasteiger partial charge in [0.2, 0.25) is 5.91 Å². The normalized spacial score (nSPS) is 15.9. The second-order valence-electron chi connectivity index (χ2n) is 6.99. The maximum absolute atomic E-state index is 12.8. The van der Waals surface area contributed by atoms with Gasteiger partial charge in [-0.1, -0.05) is 60.7 Å². The number of fused-ring (bicyclic) bond motifs is 1. The van der Waals surface area contributed by atoms with Crippen LogP contribution in [0.4, 0.5) is 0 Å². The van der Waals surface area contributed by atoms with Crippen LogP contribution in [0.25, 0.3) is 0 Å². The number of rotatable bonds is 5. The maximum Gasteiger partial charge on any atom is 0.326 e. The summed E-state index contributed by atoms with van der Waals surface area (Å²) in [5, 5.41) is 9.74. The summed E-state index contributed by atoms with van der Waals surface area (Å²) in [6.45, 7) is 0.854. The molecule has 0 saturated heterocycles. The predicted octanol–water partition coefficient (Wildman–Crippen LogP) is 2.51. The summed E-state index contributed by atoms with van der Waals surface area (Å²) in [5.74, 6) is -1.18. The van der Waals surface area contributed by atoms with Crippen LogP contribution in [0.5, 0.6) is 0 Å². The molecule has 0 bridgehead atoms. The Morgan fingerprint density at radius 1 is 1.00 bits per heavy atom. The molecular weight excluding hydrogens is 354 g/mol. The molecule has 0 unspecified atom stereocenters. The van der Waals surface area contributed by atoms with Gasteiger partial charge in [0.1, 0.15) is 6.04 Å². The molecule has 0 aliphatic carbocycles. The molecule has 1 N–H and O–H groups in total. The lowest BCUT2D eigenvalue weighted by molar-refractivity contribution is -0.151. The number of hydrogen-bond acceptors (Lipinski definition) is 3. The van der Waals surface area contributed by atoms with Gasteiger partial charge in [-0.05, 0) is 11.1 Å². The van der Waals surface area contributed by atoms with E-state index in [1.54, 1.807) is 6.33 Å². The number of carbonyl (C=O) groups excluding carboxylic acids is 1. The van der Waals surface area contributed by atoms with Crippen LogP contribution in [0.15, 0.2) is 67.0 Å². The first-order chi connectivity index (χ1) is 13.6. The topological polar surface area (TPSA) is 75.4 Å². The first kappa shape index (κ1) is 18.0. The highest BCUT2D eigenvalue weighted by atomic mass is 16.4. The minimum Gasteiger partial charge on any atom is -0.480 e. The van der Waals surface area contributed by atoms with Gasteiger partial charge in [-0.25, -0.2) is 9.78 Å². The Morgan fingerprint density at radius 2 is 1.64 bits per heavy atom. The zero-order valence-corrected chi connectivity index (χ0v) is 15.4. The van der Waals surface area contributed by atoms with Crippen molar-refractivity contribution in [2.24, 2.45) is 0 Å². The molecule has 1 amide bonds. The van der Waals surface area contributed by atoms with Crippen molar-refractivity contribution in [3.63, 3.8) is 0 Å². The van der Waals surface area contributed by atoms with E-state index in [0.29, 0.717) is 6.54 Å². The zero-order valence-electron chi connectivity index (χ0n) is 15.4. The average molecular weight is 375 g/mol. The van der Waals surface area contributed by atoms with E-state index >= 15 is 0 Å². The fourth-order valence-corrected chi connectivity index (χ4v) is 3.65. The number of aliphatic carboxylic acids is 1. The highest BCUT2D eigenvalue weighted by molar-refractivity contribution is 5.85. The van der Waals surface area contributed by atoms with Crippen LogP contribution in [-0.4, -0.2) is 37.5 Å². The number of aromatic nitrogens is 2. The Bertz CT molecular complexity index is 983. The van der Waals surface area contributed by atoms with Crippen molar-refractivity contribution in [1.82, 2.24) is 14.5 Å². The average Bonchev–Trinajstić information content (AvgIpc) is 3.10. The summed E-state index contributed by atoms with van der Waals surface area (Å²) in [7, 11) is 0. The van der Waals surface area contributed by atoms with Crippen LogP contribution in [0.3, 0.4) is 0 Å². The van der Waals surface area contributed by atoms with Crippen molar-refractivity contribution in [3.05, 3.63) is 89.5 Å². The molecule has 1 aromatic heterocycles. The van der Waals surface area contributed by atoms with Gasteiger partial charge >= 0.3 is 5.97 Å². The van der Waals surface area contributed by atoms with E-state index in [1.807, 2.05) is 65.2 Å². The summed E-state index contributed by atoms with van der Waals surface area (Å²) >= 11 is 0. The fraction of sp³-hybridized carbons (Fsp3) is 0.227. The lowest BCUT2D eigenvalue weighted by Crippen LogP contribution is -2.49. The molecule has 1 aliphatic rings. The Labute approximate surface area is 163 Å². The van der Waals surface area contributed by atoms with Gasteiger partial charge in [-0.15, -0.1) is 0 Å². The Morgan fingerprint density at radius 3 is 2.29 bits per heavy atom. The molecule has 3 aromatic rings. The quantitative estimate of drug-likeness (QED) is 0.744. The molecule has 0 radical (unpaired) electrons. The van der Waals surface area contributed by atoms with Crippen LogP contribution in [0.1, 0.15) is 22.5 Å². The van der Waals surface area contributed by atoms with Gasteiger partial charge in [0.15, 0.2) is 0 Å². The van der Waals surface area contributed by atoms with E-state index in [4.69, 9.17) is 0 Å². The first-order valence-corrected chi connectivity index (χ1v) is 9.25. The number of imidazole rings is 1. The molecule has 142 valence electrons. The minimum absolute atomic E-state index is 0.185. The van der Waals surface area contributed by atoms with Gasteiger partial charge in [-0.3, -0.25) is 4.79 Å². The minimum atomic E-state index is -0.987. The molecule has 4 rings (SSSR count). The number of carboxylic acids is 1. The Balaban J connectivity index is 1.57. The summed E-state index contributed by atoms with van der Waals surface area (Å²) < 4.78 is 1.99. The lowest BCUT2D eigenvalue weighted by atomic mass is 10.0. The number of carboxylic acid groups (broad SMARTS) is 1. The van der Waals surface area contributed by atoms with Crippen molar-refractivity contribution in [1.29, 1.82) is 0 Å².